The Hall–Kier alpha value is -2.47. The van der Waals surface area contributed by atoms with Crippen molar-refractivity contribution in [3.8, 4) is 0 Å². The minimum atomic E-state index is -0.536. The number of hydrogen-bond donors (Lipinski definition) is 1. The van der Waals surface area contributed by atoms with E-state index in [1.807, 2.05) is 0 Å². The molecule has 0 radical (unpaired) electrons. The zero-order valence-corrected chi connectivity index (χ0v) is 22.1. The molecule has 6 atom stereocenters. The number of ether oxygens (including phenoxy) is 1. The standard InChI is InChI=1S/C32H40N2O3/c1-22-10-9-15-25-20-27-28(30(35)32(22,25)2)26(31(36)37-27)21-33-16-18-34(19-17-33)29(23-11-5-3-6-12-23)24-13-7-4-8-14-24/h3-8,11-15,22,26-30,35H,9-10,16-21H2,1-2H3/t22-,26?,27-,28-,30+,32-/m1/s1. The molecular weight excluding hydrogens is 460 g/mol. The van der Waals surface area contributed by atoms with Crippen LogP contribution in [-0.4, -0.2) is 65.8 Å². The summed E-state index contributed by atoms with van der Waals surface area (Å²) in [7, 11) is 0. The number of hydrogen-bond acceptors (Lipinski definition) is 5. The Morgan fingerprint density at radius 3 is 2.24 bits per heavy atom. The summed E-state index contributed by atoms with van der Waals surface area (Å²) >= 11 is 0. The minimum Gasteiger partial charge on any atom is -0.461 e. The zero-order chi connectivity index (χ0) is 25.6. The first kappa shape index (κ1) is 24.8. The third-order valence-corrected chi connectivity index (χ3v) is 10.0. The molecule has 196 valence electrons. The van der Waals surface area contributed by atoms with Crippen LogP contribution in [0.15, 0.2) is 72.3 Å². The number of benzene rings is 2. The van der Waals surface area contributed by atoms with Crippen molar-refractivity contribution in [1.29, 1.82) is 0 Å². The van der Waals surface area contributed by atoms with Gasteiger partial charge in [-0.25, -0.2) is 0 Å². The van der Waals surface area contributed by atoms with Crippen molar-refractivity contribution in [1.82, 2.24) is 9.80 Å². The van der Waals surface area contributed by atoms with Crippen LogP contribution < -0.4 is 0 Å². The van der Waals surface area contributed by atoms with Crippen molar-refractivity contribution in [2.75, 3.05) is 32.7 Å². The monoisotopic (exact) mass is 500 g/mol. The smallest absolute Gasteiger partial charge is 0.311 e. The molecule has 5 heteroatoms. The Morgan fingerprint density at radius 1 is 1.00 bits per heavy atom. The number of aliphatic hydroxyl groups excluding tert-OH is 1. The number of carbonyl (C=O) groups is 1. The van der Waals surface area contributed by atoms with E-state index >= 15 is 0 Å². The molecule has 5 nitrogen and oxygen atoms in total. The van der Waals surface area contributed by atoms with Crippen molar-refractivity contribution >= 4 is 5.97 Å². The fraction of sp³-hybridized carbons (Fsp3) is 0.531. The SMILES string of the molecule is C[C@@H]1CCC=C2C[C@H]3OC(=O)C(CN4CCN(C(c5ccccc5)c5ccccc5)CC4)[C@H]3[C@H](O)[C@@]21C. The summed E-state index contributed by atoms with van der Waals surface area (Å²) in [4.78, 5) is 18.1. The summed E-state index contributed by atoms with van der Waals surface area (Å²) in [5.41, 5.74) is 3.68. The topological polar surface area (TPSA) is 53.0 Å². The Labute approximate surface area is 221 Å². The Bertz CT molecular complexity index is 1090. The molecule has 0 spiro atoms. The average molecular weight is 501 g/mol. The molecule has 2 aliphatic carbocycles. The quantitative estimate of drug-likeness (QED) is 0.477. The van der Waals surface area contributed by atoms with E-state index < -0.39 is 6.10 Å². The van der Waals surface area contributed by atoms with Crippen LogP contribution in [0.5, 0.6) is 0 Å². The molecule has 0 bridgehead atoms. The molecule has 4 aliphatic rings. The maximum absolute atomic E-state index is 13.1. The highest BCUT2D eigenvalue weighted by atomic mass is 16.6. The first-order valence-electron chi connectivity index (χ1n) is 14.1. The first-order valence-corrected chi connectivity index (χ1v) is 14.1. The van der Waals surface area contributed by atoms with Crippen molar-refractivity contribution in [3.05, 3.63) is 83.4 Å². The van der Waals surface area contributed by atoms with E-state index in [0.717, 1.165) is 45.4 Å². The molecule has 3 fully saturated rings. The van der Waals surface area contributed by atoms with Crippen LogP contribution >= 0.6 is 0 Å². The Balaban J connectivity index is 1.16. The fourth-order valence-electron chi connectivity index (χ4n) is 7.64. The molecule has 0 aromatic heterocycles. The largest absolute Gasteiger partial charge is 0.461 e. The van der Waals surface area contributed by atoms with E-state index in [4.69, 9.17) is 4.74 Å². The van der Waals surface area contributed by atoms with Crippen LogP contribution in [0.2, 0.25) is 0 Å². The second-order valence-electron chi connectivity index (χ2n) is 11.9. The summed E-state index contributed by atoms with van der Waals surface area (Å²) in [6.45, 7) is 8.85. The molecule has 1 saturated carbocycles. The molecular formula is C32H40N2O3. The summed E-state index contributed by atoms with van der Waals surface area (Å²) < 4.78 is 5.92. The molecule has 1 unspecified atom stereocenters. The Morgan fingerprint density at radius 2 is 1.62 bits per heavy atom. The van der Waals surface area contributed by atoms with Crippen LogP contribution in [0.4, 0.5) is 0 Å². The summed E-state index contributed by atoms with van der Waals surface area (Å²) in [6, 6.07) is 21.7. The highest BCUT2D eigenvalue weighted by Gasteiger charge is 2.59. The molecule has 2 aromatic carbocycles. The molecule has 1 N–H and O–H groups in total. The van der Waals surface area contributed by atoms with E-state index in [9.17, 15) is 9.90 Å². The third kappa shape index (κ3) is 4.35. The van der Waals surface area contributed by atoms with Gasteiger partial charge in [0, 0.05) is 50.5 Å². The summed E-state index contributed by atoms with van der Waals surface area (Å²) in [5, 5.41) is 11.7. The van der Waals surface area contributed by atoms with Gasteiger partial charge in [-0.15, -0.1) is 0 Å². The third-order valence-electron chi connectivity index (χ3n) is 10.0. The van der Waals surface area contributed by atoms with Gasteiger partial charge in [0.2, 0.25) is 0 Å². The van der Waals surface area contributed by atoms with Crippen LogP contribution in [-0.2, 0) is 9.53 Å². The van der Waals surface area contributed by atoms with E-state index in [-0.39, 0.29) is 35.4 Å². The fourth-order valence-corrected chi connectivity index (χ4v) is 7.64. The van der Waals surface area contributed by atoms with E-state index in [2.05, 4.69) is 90.4 Å². The number of fused-ring (bicyclic) bond motifs is 2. The molecule has 2 saturated heterocycles. The lowest BCUT2D eigenvalue weighted by Gasteiger charge is -2.52. The predicted octanol–water partition coefficient (Wildman–Crippen LogP) is 4.68. The predicted molar refractivity (Wildman–Crippen MR) is 145 cm³/mol. The maximum atomic E-state index is 13.1. The number of esters is 1. The number of nitrogens with zero attached hydrogens (tertiary/aromatic N) is 2. The second kappa shape index (κ2) is 10.0. The van der Waals surface area contributed by atoms with E-state index in [1.54, 1.807) is 0 Å². The van der Waals surface area contributed by atoms with Gasteiger partial charge in [0.15, 0.2) is 0 Å². The molecule has 0 amide bonds. The number of carbonyl (C=O) groups excluding carboxylic acids is 1. The summed E-state index contributed by atoms with van der Waals surface area (Å²) in [6.07, 6.45) is 4.53. The van der Waals surface area contributed by atoms with Gasteiger partial charge in [-0.3, -0.25) is 14.6 Å². The molecule has 2 aromatic rings. The Kier molecular flexibility index (Phi) is 6.72. The zero-order valence-electron chi connectivity index (χ0n) is 22.1. The van der Waals surface area contributed by atoms with E-state index in [1.165, 1.54) is 16.7 Å². The van der Waals surface area contributed by atoms with Crippen molar-refractivity contribution < 1.29 is 14.6 Å². The first-order chi connectivity index (χ1) is 18.0. The van der Waals surface area contributed by atoms with Gasteiger partial charge in [-0.1, -0.05) is 86.2 Å². The normalized spacial score (nSPS) is 34.5. The maximum Gasteiger partial charge on any atom is 0.311 e. The molecule has 6 rings (SSSR count). The van der Waals surface area contributed by atoms with Crippen molar-refractivity contribution in [3.63, 3.8) is 0 Å². The van der Waals surface area contributed by atoms with Gasteiger partial charge in [0.05, 0.1) is 18.1 Å². The van der Waals surface area contributed by atoms with Gasteiger partial charge >= 0.3 is 5.97 Å². The lowest BCUT2D eigenvalue weighted by molar-refractivity contribution is -0.145. The van der Waals surface area contributed by atoms with Gasteiger partial charge in [-0.2, -0.15) is 0 Å². The highest BCUT2D eigenvalue weighted by molar-refractivity contribution is 5.76. The highest BCUT2D eigenvalue weighted by Crippen LogP contribution is 2.56. The van der Waals surface area contributed by atoms with Crippen LogP contribution in [0.25, 0.3) is 0 Å². The van der Waals surface area contributed by atoms with E-state index in [0.29, 0.717) is 12.5 Å². The van der Waals surface area contributed by atoms with Crippen molar-refractivity contribution in [2.45, 2.75) is 51.4 Å². The molecule has 2 heterocycles. The summed E-state index contributed by atoms with van der Waals surface area (Å²) in [5.74, 6) is -0.0672. The lowest BCUT2D eigenvalue weighted by Crippen LogP contribution is -2.55. The molecule has 2 aliphatic heterocycles. The van der Waals surface area contributed by atoms with Crippen LogP contribution in [0, 0.1) is 23.2 Å². The van der Waals surface area contributed by atoms with Gasteiger partial charge in [0.1, 0.15) is 6.10 Å². The second-order valence-corrected chi connectivity index (χ2v) is 11.9. The van der Waals surface area contributed by atoms with Gasteiger partial charge in [0.25, 0.3) is 0 Å². The average Bonchev–Trinajstić information content (AvgIpc) is 3.23. The minimum absolute atomic E-state index is 0.113. The molecule has 37 heavy (non-hydrogen) atoms. The van der Waals surface area contributed by atoms with Crippen molar-refractivity contribution in [2.24, 2.45) is 23.2 Å². The lowest BCUT2D eigenvalue weighted by atomic mass is 9.55. The van der Waals surface area contributed by atoms with Crippen LogP contribution in [0.3, 0.4) is 0 Å². The number of piperazine rings is 1. The number of rotatable bonds is 5. The number of allylic oxidation sites excluding steroid dienone is 1. The van der Waals surface area contributed by atoms with Crippen LogP contribution in [0.1, 0.15) is 50.3 Å². The number of aliphatic hydroxyl groups is 1. The van der Waals surface area contributed by atoms with Gasteiger partial charge in [-0.05, 0) is 29.9 Å². The van der Waals surface area contributed by atoms with Gasteiger partial charge < -0.3 is 9.84 Å².